The lowest BCUT2D eigenvalue weighted by Gasteiger charge is -2.18. The molecule has 0 saturated carbocycles. The van der Waals surface area contributed by atoms with Crippen molar-refractivity contribution in [3.05, 3.63) is 77.4 Å². The van der Waals surface area contributed by atoms with Gasteiger partial charge in [0, 0.05) is 10.5 Å². The summed E-state index contributed by atoms with van der Waals surface area (Å²) in [6.45, 7) is 6.84. The van der Waals surface area contributed by atoms with Gasteiger partial charge >= 0.3 is 0 Å². The fraction of sp³-hybridized carbons (Fsp3) is 0.286. The van der Waals surface area contributed by atoms with Gasteiger partial charge in [-0.3, -0.25) is 4.79 Å². The van der Waals surface area contributed by atoms with Crippen molar-refractivity contribution in [3.63, 3.8) is 0 Å². The fourth-order valence-corrected chi connectivity index (χ4v) is 3.20. The summed E-state index contributed by atoms with van der Waals surface area (Å²) in [6, 6.07) is 17.6. The number of hydrogen-bond acceptors (Lipinski definition) is 5. The van der Waals surface area contributed by atoms with Gasteiger partial charge in [0.2, 0.25) is 5.89 Å². The molecule has 0 saturated heterocycles. The van der Waals surface area contributed by atoms with E-state index in [9.17, 15) is 4.79 Å². The number of carbonyl (C=O) groups excluding carboxylic acids is 1. The zero-order valence-corrected chi connectivity index (χ0v) is 16.5. The quantitative estimate of drug-likeness (QED) is 0.633. The maximum atomic E-state index is 12.0. The maximum Gasteiger partial charge on any atom is 0.251 e. The number of hydrogen-bond donors (Lipinski definition) is 1. The molecule has 27 heavy (non-hydrogen) atoms. The van der Waals surface area contributed by atoms with E-state index in [0.717, 1.165) is 4.90 Å². The van der Waals surface area contributed by atoms with Gasteiger partial charge in [-0.05, 0) is 35.2 Å². The molecule has 1 aromatic heterocycles. The Hall–Kier alpha value is -2.60. The third-order valence-corrected chi connectivity index (χ3v) is 5.03. The number of aromatic nitrogens is 2. The molecule has 0 aliphatic rings. The standard InChI is InChI=1S/C21H23N3O2S/c1-21(2,3)16-9-11-17(12-10-16)27-14-19-23-18(24-26-19)13-22-20(25)15-7-5-4-6-8-15/h4-12H,13-14H2,1-3H3,(H,22,25). The van der Waals surface area contributed by atoms with E-state index in [0.29, 0.717) is 23.0 Å². The van der Waals surface area contributed by atoms with Crippen molar-refractivity contribution in [3.8, 4) is 0 Å². The summed E-state index contributed by atoms with van der Waals surface area (Å²) in [6.07, 6.45) is 0. The summed E-state index contributed by atoms with van der Waals surface area (Å²) in [5.74, 6) is 1.45. The second-order valence-corrected chi connectivity index (χ2v) is 8.26. The van der Waals surface area contributed by atoms with Crippen molar-refractivity contribution < 1.29 is 9.32 Å². The summed E-state index contributed by atoms with van der Waals surface area (Å²) >= 11 is 1.64. The van der Waals surface area contributed by atoms with Gasteiger partial charge in [-0.2, -0.15) is 4.98 Å². The molecule has 0 aliphatic heterocycles. The first-order valence-electron chi connectivity index (χ1n) is 8.80. The van der Waals surface area contributed by atoms with Gasteiger partial charge in [-0.1, -0.05) is 56.3 Å². The van der Waals surface area contributed by atoms with Gasteiger partial charge in [-0.15, -0.1) is 11.8 Å². The second kappa shape index (κ2) is 8.39. The first-order chi connectivity index (χ1) is 12.9. The number of rotatable bonds is 6. The molecule has 0 unspecified atom stereocenters. The molecule has 3 rings (SSSR count). The molecule has 0 fully saturated rings. The molecule has 1 N–H and O–H groups in total. The number of amides is 1. The Labute approximate surface area is 163 Å². The lowest BCUT2D eigenvalue weighted by Crippen LogP contribution is -2.23. The SMILES string of the molecule is CC(C)(C)c1ccc(SCc2nc(CNC(=O)c3ccccc3)no2)cc1. The van der Waals surface area contributed by atoms with Gasteiger partial charge in [0.25, 0.3) is 5.91 Å². The molecule has 0 aliphatic carbocycles. The van der Waals surface area contributed by atoms with Crippen LogP contribution in [0.3, 0.4) is 0 Å². The van der Waals surface area contributed by atoms with Crippen LogP contribution in [0.1, 0.15) is 48.4 Å². The summed E-state index contributed by atoms with van der Waals surface area (Å²) in [5, 5.41) is 6.72. The van der Waals surface area contributed by atoms with Crippen LogP contribution >= 0.6 is 11.8 Å². The van der Waals surface area contributed by atoms with Crippen molar-refractivity contribution >= 4 is 17.7 Å². The molecular formula is C21H23N3O2S. The van der Waals surface area contributed by atoms with Gasteiger partial charge < -0.3 is 9.84 Å². The zero-order chi connectivity index (χ0) is 19.3. The van der Waals surface area contributed by atoms with E-state index in [1.807, 2.05) is 18.2 Å². The average molecular weight is 382 g/mol. The van der Waals surface area contributed by atoms with E-state index in [4.69, 9.17) is 4.52 Å². The van der Waals surface area contributed by atoms with Crippen LogP contribution < -0.4 is 5.32 Å². The van der Waals surface area contributed by atoms with E-state index >= 15 is 0 Å². The van der Waals surface area contributed by atoms with Crippen LogP contribution in [0.15, 0.2) is 64.0 Å². The Morgan fingerprint density at radius 3 is 2.44 bits per heavy atom. The fourth-order valence-electron chi connectivity index (χ4n) is 2.47. The molecule has 2 aromatic carbocycles. The molecule has 1 heterocycles. The Morgan fingerprint density at radius 2 is 1.78 bits per heavy atom. The second-order valence-electron chi connectivity index (χ2n) is 7.22. The molecule has 0 spiro atoms. The van der Waals surface area contributed by atoms with Gasteiger partial charge in [-0.25, -0.2) is 0 Å². The lowest BCUT2D eigenvalue weighted by molar-refractivity contribution is 0.0949. The maximum absolute atomic E-state index is 12.0. The Bertz CT molecular complexity index is 884. The van der Waals surface area contributed by atoms with Crippen LogP contribution in [-0.4, -0.2) is 16.0 Å². The summed E-state index contributed by atoms with van der Waals surface area (Å²) in [5.41, 5.74) is 2.06. The van der Waals surface area contributed by atoms with E-state index in [2.05, 4.69) is 60.5 Å². The Morgan fingerprint density at radius 1 is 1.07 bits per heavy atom. The monoisotopic (exact) mass is 381 g/mol. The molecule has 1 amide bonds. The number of thioether (sulfide) groups is 1. The zero-order valence-electron chi connectivity index (χ0n) is 15.7. The molecule has 0 atom stereocenters. The number of nitrogens with zero attached hydrogens (tertiary/aromatic N) is 2. The van der Waals surface area contributed by atoms with E-state index in [1.165, 1.54) is 5.56 Å². The molecule has 3 aromatic rings. The highest BCUT2D eigenvalue weighted by molar-refractivity contribution is 7.98. The minimum absolute atomic E-state index is 0.148. The van der Waals surface area contributed by atoms with Crippen molar-refractivity contribution in [1.29, 1.82) is 0 Å². The number of benzene rings is 2. The third kappa shape index (κ3) is 5.44. The molecule has 0 bridgehead atoms. The van der Waals surface area contributed by atoms with E-state index in [-0.39, 0.29) is 17.9 Å². The highest BCUT2D eigenvalue weighted by atomic mass is 32.2. The minimum atomic E-state index is -0.157. The Balaban J connectivity index is 1.50. The average Bonchev–Trinajstić information content (AvgIpc) is 3.13. The first kappa shape index (κ1) is 19.2. The largest absolute Gasteiger partial charge is 0.345 e. The van der Waals surface area contributed by atoms with Crippen LogP contribution in [0.4, 0.5) is 0 Å². The summed E-state index contributed by atoms with van der Waals surface area (Å²) in [4.78, 5) is 17.5. The molecular weight excluding hydrogens is 358 g/mol. The predicted octanol–water partition coefficient (Wildman–Crippen LogP) is 4.59. The summed E-state index contributed by atoms with van der Waals surface area (Å²) < 4.78 is 5.27. The van der Waals surface area contributed by atoms with Crippen molar-refractivity contribution in [2.24, 2.45) is 0 Å². The minimum Gasteiger partial charge on any atom is -0.345 e. The molecule has 140 valence electrons. The molecule has 0 radical (unpaired) electrons. The van der Waals surface area contributed by atoms with Crippen LogP contribution in [0.2, 0.25) is 0 Å². The first-order valence-corrected chi connectivity index (χ1v) is 9.78. The predicted molar refractivity (Wildman–Crippen MR) is 107 cm³/mol. The normalized spacial score (nSPS) is 11.4. The third-order valence-electron chi connectivity index (χ3n) is 4.04. The van der Waals surface area contributed by atoms with Crippen LogP contribution in [0, 0.1) is 0 Å². The summed E-state index contributed by atoms with van der Waals surface area (Å²) in [7, 11) is 0. The van der Waals surface area contributed by atoms with Crippen LogP contribution in [-0.2, 0) is 17.7 Å². The van der Waals surface area contributed by atoms with Crippen LogP contribution in [0.5, 0.6) is 0 Å². The Kier molecular flexibility index (Phi) is 5.96. The van der Waals surface area contributed by atoms with Crippen molar-refractivity contribution in [2.45, 2.75) is 43.4 Å². The smallest absolute Gasteiger partial charge is 0.251 e. The van der Waals surface area contributed by atoms with Crippen molar-refractivity contribution in [1.82, 2.24) is 15.5 Å². The van der Waals surface area contributed by atoms with E-state index < -0.39 is 0 Å². The van der Waals surface area contributed by atoms with Gasteiger partial charge in [0.1, 0.15) is 0 Å². The van der Waals surface area contributed by atoms with E-state index in [1.54, 1.807) is 23.9 Å². The van der Waals surface area contributed by atoms with Crippen LogP contribution in [0.25, 0.3) is 0 Å². The molecule has 6 heteroatoms. The topological polar surface area (TPSA) is 68.0 Å². The number of carbonyl (C=O) groups is 1. The highest BCUT2D eigenvalue weighted by Crippen LogP contribution is 2.27. The highest BCUT2D eigenvalue weighted by Gasteiger charge is 2.13. The molecule has 5 nitrogen and oxygen atoms in total. The lowest BCUT2D eigenvalue weighted by atomic mass is 9.87. The van der Waals surface area contributed by atoms with Gasteiger partial charge in [0.15, 0.2) is 5.82 Å². The van der Waals surface area contributed by atoms with Gasteiger partial charge in [0.05, 0.1) is 12.3 Å². The van der Waals surface area contributed by atoms with Crippen molar-refractivity contribution in [2.75, 3.05) is 0 Å². The number of nitrogens with one attached hydrogen (secondary N) is 1.